The number of fused-ring (bicyclic) bond motifs is 2. The number of pyridine rings is 2. The van der Waals surface area contributed by atoms with Crippen LogP contribution in [-0.2, 0) is 42.8 Å². The van der Waals surface area contributed by atoms with Gasteiger partial charge < -0.3 is 24.8 Å². The van der Waals surface area contributed by atoms with Gasteiger partial charge in [0, 0.05) is 74.6 Å². The predicted octanol–water partition coefficient (Wildman–Crippen LogP) is 6.02. The summed E-state index contributed by atoms with van der Waals surface area (Å²) in [4.78, 5) is 61.4. The minimum absolute atomic E-state index is 0.0129. The molecule has 4 aliphatic rings. The molecule has 16 nitrogen and oxygen atoms in total. The summed E-state index contributed by atoms with van der Waals surface area (Å²) >= 11 is 0. The van der Waals surface area contributed by atoms with Gasteiger partial charge in [0.15, 0.2) is 5.82 Å². The molecule has 0 radical (unpaired) electrons. The first kappa shape index (κ1) is 46.7. The first-order chi connectivity index (χ1) is 33.8. The Morgan fingerprint density at radius 3 is 2.27 bits per heavy atom. The van der Waals surface area contributed by atoms with Crippen molar-refractivity contribution in [3.63, 3.8) is 0 Å². The number of aryl methyl sites for hydroxylation is 1. The van der Waals surface area contributed by atoms with Gasteiger partial charge in [-0.3, -0.25) is 43.5 Å². The number of halogens is 3. The summed E-state index contributed by atoms with van der Waals surface area (Å²) in [7, 11) is 5.05. The highest BCUT2D eigenvalue weighted by molar-refractivity contribution is 6.01. The van der Waals surface area contributed by atoms with Crippen LogP contribution >= 0.6 is 0 Å². The summed E-state index contributed by atoms with van der Waals surface area (Å²) in [6.45, 7) is 5.24. The van der Waals surface area contributed by atoms with Gasteiger partial charge in [0.2, 0.25) is 11.8 Å². The molecular weight excluding hydrogens is 904 g/mol. The Bertz CT molecular complexity index is 3040. The third-order valence-electron chi connectivity index (χ3n) is 14.6. The van der Waals surface area contributed by atoms with Crippen LogP contribution in [0.25, 0.3) is 16.7 Å². The fourth-order valence-corrected chi connectivity index (χ4v) is 10.7. The van der Waals surface area contributed by atoms with Crippen molar-refractivity contribution in [2.45, 2.75) is 82.6 Å². The van der Waals surface area contributed by atoms with Crippen molar-refractivity contribution in [3.05, 3.63) is 129 Å². The van der Waals surface area contributed by atoms with Crippen molar-refractivity contribution in [1.29, 1.82) is 0 Å². The van der Waals surface area contributed by atoms with E-state index in [1.807, 2.05) is 40.6 Å². The Balaban J connectivity index is 0.722. The summed E-state index contributed by atoms with van der Waals surface area (Å²) in [5.41, 5.74) is 5.47. The van der Waals surface area contributed by atoms with Crippen LogP contribution in [-0.4, -0.2) is 109 Å². The number of nitrogens with zero attached hydrogens (tertiary/aromatic N) is 8. The zero-order chi connectivity index (χ0) is 48.8. The van der Waals surface area contributed by atoms with Crippen LogP contribution in [0.15, 0.2) is 71.8 Å². The van der Waals surface area contributed by atoms with Crippen LogP contribution in [0, 0.1) is 17.5 Å². The number of likely N-dealkylation sites (tertiary alicyclic amines) is 2. The average Bonchev–Trinajstić information content (AvgIpc) is 3.91. The van der Waals surface area contributed by atoms with Gasteiger partial charge in [-0.2, -0.15) is 5.10 Å². The average molecular weight is 960 g/mol. The maximum Gasteiger partial charge on any atom is 0.257 e. The van der Waals surface area contributed by atoms with E-state index in [0.717, 1.165) is 43.0 Å². The smallest absolute Gasteiger partial charge is 0.257 e. The molecule has 366 valence electrons. The van der Waals surface area contributed by atoms with E-state index in [-0.39, 0.29) is 53.1 Å². The molecule has 6 aromatic rings. The molecule has 8 heterocycles. The number of rotatable bonds is 12. The molecule has 2 aromatic carbocycles. The first-order valence-electron chi connectivity index (χ1n) is 23.9. The maximum absolute atomic E-state index is 15.9. The molecule has 10 rings (SSSR count). The largest absolute Gasteiger partial charge is 0.495 e. The molecule has 3 amide bonds. The standard InChI is InChI=1S/C51H56F3N11O5/c1-55-43-25-47(67)64(29-40(43)54)44-8-13-56-49-37(44)24-35(60(49)2)27-62-16-11-31(12-17-62)48-38(52)20-33(21-39(48)53)51(69)63-18-19-65-36(28-63)23-34(59-65)26-61-14-9-30(10-15-61)32-4-5-41(45(22-32)70-3)57-42-6-7-46(66)58-50(42)68/h4-5,8,13,20-25,29-31,42,55,57H,6-7,9-12,14-19,26-28H2,1-3H3,(H,58,66,68)/t42-/m0/s1. The first-order valence-corrected chi connectivity index (χ1v) is 23.9. The number of aromatic nitrogens is 5. The SMILES string of the molecule is CNc1cc(=O)n(-c2ccnc3c2cc(CN2CCC(c4c(F)cc(C(=O)N5CCn6nc(CN7CCC(c8ccc(N[C@H]9CCC(=O)NC9=O)c(OC)c8)CC7)cc6C5)cc4F)CC2)n3C)cc1F. The number of hydrogen-bond acceptors (Lipinski definition) is 11. The Morgan fingerprint density at radius 1 is 0.829 bits per heavy atom. The second-order valence-corrected chi connectivity index (χ2v) is 18.9. The maximum atomic E-state index is 15.9. The Labute approximate surface area is 402 Å². The molecule has 0 aliphatic carbocycles. The van der Waals surface area contributed by atoms with E-state index < -0.39 is 29.4 Å². The molecule has 0 saturated carbocycles. The zero-order valence-corrected chi connectivity index (χ0v) is 39.4. The van der Waals surface area contributed by atoms with Gasteiger partial charge in [0.05, 0.1) is 54.8 Å². The third-order valence-corrected chi connectivity index (χ3v) is 14.6. The summed E-state index contributed by atoms with van der Waals surface area (Å²) < 4.78 is 57.4. The summed E-state index contributed by atoms with van der Waals surface area (Å²) in [6.07, 6.45) is 6.41. The lowest BCUT2D eigenvalue weighted by molar-refractivity contribution is -0.133. The lowest BCUT2D eigenvalue weighted by atomic mass is 9.88. The van der Waals surface area contributed by atoms with Gasteiger partial charge in [-0.15, -0.1) is 0 Å². The lowest BCUT2D eigenvalue weighted by Gasteiger charge is -2.32. The highest BCUT2D eigenvalue weighted by Crippen LogP contribution is 2.37. The zero-order valence-electron chi connectivity index (χ0n) is 39.4. The van der Waals surface area contributed by atoms with Crippen LogP contribution in [0.4, 0.5) is 24.5 Å². The highest BCUT2D eigenvalue weighted by Gasteiger charge is 2.32. The molecule has 3 fully saturated rings. The quantitative estimate of drug-likeness (QED) is 0.123. The highest BCUT2D eigenvalue weighted by atomic mass is 19.1. The van der Waals surface area contributed by atoms with Gasteiger partial charge in [-0.05, 0) is 118 Å². The number of benzene rings is 2. The number of nitrogens with one attached hydrogen (secondary N) is 3. The van der Waals surface area contributed by atoms with E-state index in [0.29, 0.717) is 92.6 Å². The van der Waals surface area contributed by atoms with Crippen molar-refractivity contribution in [1.82, 2.24) is 43.9 Å². The minimum atomic E-state index is -0.713. The number of ether oxygens (including phenoxy) is 1. The number of methoxy groups -OCH3 is 1. The van der Waals surface area contributed by atoms with E-state index in [4.69, 9.17) is 9.84 Å². The predicted molar refractivity (Wildman–Crippen MR) is 256 cm³/mol. The normalized spacial score (nSPS) is 18.5. The van der Waals surface area contributed by atoms with Crippen molar-refractivity contribution in [2.24, 2.45) is 7.05 Å². The number of imide groups is 1. The number of carbonyl (C=O) groups excluding carboxylic acids is 3. The molecule has 3 saturated heterocycles. The fraction of sp³-hybridized carbons (Fsp3) is 0.412. The van der Waals surface area contributed by atoms with Gasteiger partial charge in [-0.1, -0.05) is 6.07 Å². The third kappa shape index (κ3) is 9.26. The molecule has 19 heteroatoms. The van der Waals surface area contributed by atoms with Gasteiger partial charge in [0.25, 0.3) is 11.5 Å². The van der Waals surface area contributed by atoms with Crippen LogP contribution in [0.1, 0.15) is 88.9 Å². The number of hydrogen-bond donors (Lipinski definition) is 3. The van der Waals surface area contributed by atoms with Crippen molar-refractivity contribution < 1.29 is 32.3 Å². The molecule has 1 atom stereocenters. The van der Waals surface area contributed by atoms with Crippen LogP contribution in [0.5, 0.6) is 5.75 Å². The van der Waals surface area contributed by atoms with Gasteiger partial charge in [0.1, 0.15) is 29.1 Å². The fourth-order valence-electron chi connectivity index (χ4n) is 10.7. The van der Waals surface area contributed by atoms with E-state index in [9.17, 15) is 23.6 Å². The Hall–Kier alpha value is -6.99. The summed E-state index contributed by atoms with van der Waals surface area (Å²) in [5.74, 6) is -2.37. The molecule has 3 N–H and O–H groups in total. The van der Waals surface area contributed by atoms with Gasteiger partial charge >= 0.3 is 0 Å². The summed E-state index contributed by atoms with van der Waals surface area (Å²) in [5, 5.41) is 13.9. The number of anilines is 2. The second kappa shape index (κ2) is 19.4. The Morgan fingerprint density at radius 2 is 1.56 bits per heavy atom. The second-order valence-electron chi connectivity index (χ2n) is 18.9. The molecule has 0 spiro atoms. The van der Waals surface area contributed by atoms with E-state index in [2.05, 4.69) is 36.8 Å². The van der Waals surface area contributed by atoms with Crippen molar-refractivity contribution >= 4 is 40.1 Å². The Kier molecular flexibility index (Phi) is 13.0. The monoisotopic (exact) mass is 959 g/mol. The van der Waals surface area contributed by atoms with E-state index >= 15 is 8.78 Å². The molecule has 4 aromatic heterocycles. The van der Waals surface area contributed by atoms with E-state index in [1.54, 1.807) is 31.3 Å². The topological polar surface area (TPSA) is 164 Å². The van der Waals surface area contributed by atoms with E-state index in [1.165, 1.54) is 34.5 Å². The van der Waals surface area contributed by atoms with Crippen LogP contribution in [0.3, 0.4) is 0 Å². The number of amides is 3. The van der Waals surface area contributed by atoms with Crippen LogP contribution < -0.4 is 26.2 Å². The molecule has 70 heavy (non-hydrogen) atoms. The summed E-state index contributed by atoms with van der Waals surface area (Å²) in [6, 6.07) is 14.8. The van der Waals surface area contributed by atoms with Crippen molar-refractivity contribution in [3.8, 4) is 11.4 Å². The molecular formula is C51H56F3N11O5. The van der Waals surface area contributed by atoms with Gasteiger partial charge in [-0.25, -0.2) is 18.2 Å². The number of carbonyl (C=O) groups is 3. The lowest BCUT2D eigenvalue weighted by Crippen LogP contribution is -2.47. The minimum Gasteiger partial charge on any atom is -0.495 e. The van der Waals surface area contributed by atoms with Crippen LogP contribution in [0.2, 0.25) is 0 Å². The van der Waals surface area contributed by atoms with Crippen molar-refractivity contribution in [2.75, 3.05) is 57.5 Å². The molecule has 4 aliphatic heterocycles. The number of piperidine rings is 3. The molecule has 0 unspecified atom stereocenters. The molecule has 0 bridgehead atoms.